The molecule has 0 amide bonds. The Bertz CT molecular complexity index is 597. The van der Waals surface area contributed by atoms with Crippen LogP contribution in [-0.4, -0.2) is 26.4 Å². The number of halogens is 2. The van der Waals surface area contributed by atoms with E-state index in [0.29, 0.717) is 10.9 Å². The molecule has 0 saturated carbocycles. The Morgan fingerprint density at radius 1 is 1.29 bits per heavy atom. The van der Waals surface area contributed by atoms with Gasteiger partial charge in [-0.15, -0.1) is 11.6 Å². The van der Waals surface area contributed by atoms with Gasteiger partial charge >= 0.3 is 0 Å². The normalized spacial score (nSPS) is 12.2. The fourth-order valence-corrected chi connectivity index (χ4v) is 3.94. The number of rotatable bonds is 7. The molecule has 1 aromatic carbocycles. The van der Waals surface area contributed by atoms with E-state index in [0.717, 1.165) is 42.7 Å². The minimum absolute atomic E-state index is 0.233. The summed E-state index contributed by atoms with van der Waals surface area (Å²) < 4.78 is 2.55. The molecular formula is C16H22Cl2N2S. The zero-order chi connectivity index (χ0) is 15.5. The van der Waals surface area contributed by atoms with Crippen LogP contribution in [-0.2, 0) is 13.0 Å². The van der Waals surface area contributed by atoms with Gasteiger partial charge < -0.3 is 4.57 Å². The van der Waals surface area contributed by atoms with Gasteiger partial charge in [0.2, 0.25) is 0 Å². The fraction of sp³-hybridized carbons (Fsp3) is 0.562. The zero-order valence-corrected chi connectivity index (χ0v) is 15.2. The van der Waals surface area contributed by atoms with Crippen LogP contribution in [0.15, 0.2) is 18.2 Å². The van der Waals surface area contributed by atoms with E-state index in [1.54, 1.807) is 0 Å². The van der Waals surface area contributed by atoms with E-state index in [-0.39, 0.29) is 4.75 Å². The number of aromatic nitrogens is 2. The highest BCUT2D eigenvalue weighted by atomic mass is 35.5. The molecule has 5 heteroatoms. The molecule has 0 saturated heterocycles. The molecule has 0 spiro atoms. The monoisotopic (exact) mass is 344 g/mol. The Balaban J connectivity index is 2.55. The Labute approximate surface area is 141 Å². The predicted octanol–water partition coefficient (Wildman–Crippen LogP) is 5.39. The Morgan fingerprint density at radius 2 is 2.00 bits per heavy atom. The van der Waals surface area contributed by atoms with Gasteiger partial charge in [-0.05, 0) is 31.2 Å². The zero-order valence-electron chi connectivity index (χ0n) is 12.8. The van der Waals surface area contributed by atoms with Crippen LogP contribution in [0, 0.1) is 0 Å². The van der Waals surface area contributed by atoms with Crippen molar-refractivity contribution in [1.82, 2.24) is 9.55 Å². The predicted molar refractivity (Wildman–Crippen MR) is 96.0 cm³/mol. The lowest BCUT2D eigenvalue weighted by Gasteiger charge is -2.31. The molecular weight excluding hydrogens is 323 g/mol. The molecule has 0 radical (unpaired) electrons. The summed E-state index contributed by atoms with van der Waals surface area (Å²) in [7, 11) is 0. The first kappa shape index (κ1) is 17.0. The van der Waals surface area contributed by atoms with Crippen LogP contribution in [0.5, 0.6) is 0 Å². The Morgan fingerprint density at radius 3 is 2.57 bits per heavy atom. The van der Waals surface area contributed by atoms with E-state index in [2.05, 4.69) is 30.7 Å². The number of para-hydroxylation sites is 1. The number of fused-ring (bicyclic) bond motifs is 1. The van der Waals surface area contributed by atoms with Crippen molar-refractivity contribution < 1.29 is 0 Å². The standard InChI is InChI=1S/C16H22Cl2N2S/c1-4-16(5-2,21-3)11-20-13-8-6-7-12(18)15(13)19-14(20)9-10-17/h6-8H,4-5,9-11H2,1-3H3. The second-order valence-electron chi connectivity index (χ2n) is 5.25. The van der Waals surface area contributed by atoms with Crippen molar-refractivity contribution >= 4 is 46.0 Å². The average Bonchev–Trinajstić information content (AvgIpc) is 2.85. The van der Waals surface area contributed by atoms with Crippen LogP contribution < -0.4 is 0 Å². The summed E-state index contributed by atoms with van der Waals surface area (Å²) >= 11 is 14.2. The van der Waals surface area contributed by atoms with E-state index in [9.17, 15) is 0 Å². The number of alkyl halides is 1. The molecule has 0 aliphatic carbocycles. The molecule has 0 N–H and O–H groups in total. The number of hydrogen-bond acceptors (Lipinski definition) is 2. The summed E-state index contributed by atoms with van der Waals surface area (Å²) in [6, 6.07) is 5.99. The van der Waals surface area contributed by atoms with Gasteiger partial charge in [0.15, 0.2) is 0 Å². The van der Waals surface area contributed by atoms with Gasteiger partial charge in [0.1, 0.15) is 11.3 Å². The van der Waals surface area contributed by atoms with E-state index >= 15 is 0 Å². The summed E-state index contributed by atoms with van der Waals surface area (Å²) in [6.45, 7) is 5.46. The topological polar surface area (TPSA) is 17.8 Å². The summed E-state index contributed by atoms with van der Waals surface area (Å²) in [4.78, 5) is 4.73. The molecule has 0 bridgehead atoms. The molecule has 0 aliphatic heterocycles. The van der Waals surface area contributed by atoms with Crippen molar-refractivity contribution in [2.45, 2.75) is 44.4 Å². The van der Waals surface area contributed by atoms with E-state index in [1.165, 1.54) is 0 Å². The minimum Gasteiger partial charge on any atom is -0.326 e. The average molecular weight is 345 g/mol. The maximum absolute atomic E-state index is 6.30. The summed E-state index contributed by atoms with van der Waals surface area (Å²) in [6.07, 6.45) is 5.22. The molecule has 0 fully saturated rings. The van der Waals surface area contributed by atoms with Gasteiger partial charge in [0.25, 0.3) is 0 Å². The quantitative estimate of drug-likeness (QED) is 0.626. The lowest BCUT2D eigenvalue weighted by atomic mass is 10.0. The number of imidazole rings is 1. The lowest BCUT2D eigenvalue weighted by Crippen LogP contribution is -2.29. The van der Waals surface area contributed by atoms with Gasteiger partial charge in [-0.1, -0.05) is 31.5 Å². The molecule has 1 aromatic heterocycles. The van der Waals surface area contributed by atoms with Crippen LogP contribution in [0.25, 0.3) is 11.0 Å². The van der Waals surface area contributed by atoms with Crippen molar-refractivity contribution in [3.8, 4) is 0 Å². The maximum atomic E-state index is 6.30. The van der Waals surface area contributed by atoms with E-state index in [1.807, 2.05) is 23.9 Å². The number of thioether (sulfide) groups is 1. The van der Waals surface area contributed by atoms with Crippen molar-refractivity contribution in [3.63, 3.8) is 0 Å². The van der Waals surface area contributed by atoms with Gasteiger partial charge in [-0.2, -0.15) is 11.8 Å². The third-order valence-electron chi connectivity index (χ3n) is 4.29. The number of hydrogen-bond donors (Lipinski definition) is 0. The minimum atomic E-state index is 0.233. The van der Waals surface area contributed by atoms with Crippen LogP contribution in [0.3, 0.4) is 0 Å². The van der Waals surface area contributed by atoms with Crippen molar-refractivity contribution in [1.29, 1.82) is 0 Å². The summed E-state index contributed by atoms with van der Waals surface area (Å²) in [5, 5.41) is 0.713. The first-order chi connectivity index (χ1) is 10.1. The lowest BCUT2D eigenvalue weighted by molar-refractivity contribution is 0.464. The second-order valence-corrected chi connectivity index (χ2v) is 7.31. The third kappa shape index (κ3) is 3.35. The number of aryl methyl sites for hydroxylation is 1. The number of nitrogens with zero attached hydrogens (tertiary/aromatic N) is 2. The van der Waals surface area contributed by atoms with E-state index < -0.39 is 0 Å². The molecule has 0 aliphatic rings. The molecule has 0 unspecified atom stereocenters. The van der Waals surface area contributed by atoms with Crippen LogP contribution in [0.4, 0.5) is 0 Å². The van der Waals surface area contributed by atoms with Crippen molar-refractivity contribution in [2.75, 3.05) is 12.1 Å². The second kappa shape index (κ2) is 7.26. The van der Waals surface area contributed by atoms with Crippen LogP contribution >= 0.6 is 35.0 Å². The van der Waals surface area contributed by atoms with Gasteiger partial charge in [-0.25, -0.2) is 4.98 Å². The smallest absolute Gasteiger partial charge is 0.111 e. The highest BCUT2D eigenvalue weighted by Crippen LogP contribution is 2.35. The Kier molecular flexibility index (Phi) is 5.87. The van der Waals surface area contributed by atoms with Crippen LogP contribution in [0.2, 0.25) is 5.02 Å². The molecule has 0 atom stereocenters. The van der Waals surface area contributed by atoms with Crippen molar-refractivity contribution in [3.05, 3.63) is 29.0 Å². The van der Waals surface area contributed by atoms with E-state index in [4.69, 9.17) is 28.2 Å². The highest BCUT2D eigenvalue weighted by molar-refractivity contribution is 8.00. The maximum Gasteiger partial charge on any atom is 0.111 e. The van der Waals surface area contributed by atoms with Gasteiger partial charge in [0.05, 0.1) is 10.5 Å². The molecule has 2 rings (SSSR count). The highest BCUT2D eigenvalue weighted by Gasteiger charge is 2.27. The van der Waals surface area contributed by atoms with Gasteiger partial charge in [0, 0.05) is 23.6 Å². The molecule has 2 aromatic rings. The summed E-state index contributed by atoms with van der Waals surface area (Å²) in [5.74, 6) is 1.61. The summed E-state index contributed by atoms with van der Waals surface area (Å²) in [5.41, 5.74) is 2.00. The number of benzene rings is 1. The first-order valence-corrected chi connectivity index (χ1v) is 9.49. The van der Waals surface area contributed by atoms with Crippen molar-refractivity contribution in [2.24, 2.45) is 0 Å². The molecule has 21 heavy (non-hydrogen) atoms. The van der Waals surface area contributed by atoms with Crippen LogP contribution in [0.1, 0.15) is 32.5 Å². The third-order valence-corrected chi connectivity index (χ3v) is 6.36. The SMILES string of the molecule is CCC(CC)(Cn1c(CCCl)nc2c(Cl)cccc21)SC. The molecule has 116 valence electrons. The molecule has 1 heterocycles. The molecule has 2 nitrogen and oxygen atoms in total. The first-order valence-electron chi connectivity index (χ1n) is 7.35. The Hall–Kier alpha value is -0.380. The largest absolute Gasteiger partial charge is 0.326 e. The fourth-order valence-electron chi connectivity index (χ4n) is 2.73. The van der Waals surface area contributed by atoms with Gasteiger partial charge in [-0.3, -0.25) is 0 Å².